The Kier molecular flexibility index (Phi) is 44.3. The third-order valence-corrected chi connectivity index (χ3v) is 12.4. The quantitative estimate of drug-likeness (QED) is 0.0434. The zero-order valence-corrected chi connectivity index (χ0v) is 37.0. The predicted octanol–water partition coefficient (Wildman–Crippen LogP) is 18.3. The lowest BCUT2D eigenvalue weighted by Gasteiger charge is -2.40. The van der Waals surface area contributed by atoms with Gasteiger partial charge in [0.25, 0.3) is 0 Å². The maximum absolute atomic E-state index is 2.34. The molecule has 0 aromatic carbocycles. The SMILES string of the molecule is CCCCCCCCCCCCCC[N+](CCCCCCCCCCCC)(CCCCCCCCCCCC)CCCCCCCCCCCC. The molecule has 0 aliphatic carbocycles. The Hall–Kier alpha value is -0.0400. The molecule has 0 aliphatic heterocycles. The van der Waals surface area contributed by atoms with Crippen LogP contribution in [-0.2, 0) is 0 Å². The fraction of sp³-hybridized carbons (Fsp3) is 1.00. The molecule has 0 N–H and O–H groups in total. The van der Waals surface area contributed by atoms with Gasteiger partial charge in [-0.25, -0.2) is 0 Å². The molecule has 0 rings (SSSR count). The first-order chi connectivity index (χ1) is 25.2. The van der Waals surface area contributed by atoms with Crippen LogP contribution in [-0.4, -0.2) is 30.7 Å². The highest BCUT2D eigenvalue weighted by Crippen LogP contribution is 2.22. The number of hydrogen-bond acceptors (Lipinski definition) is 0. The number of rotatable bonds is 46. The van der Waals surface area contributed by atoms with E-state index in [0.29, 0.717) is 0 Å². The average Bonchev–Trinajstić information content (AvgIpc) is 3.14. The van der Waals surface area contributed by atoms with Gasteiger partial charge in [-0.3, -0.25) is 0 Å². The van der Waals surface area contributed by atoms with Gasteiger partial charge in [-0.05, 0) is 51.4 Å². The highest BCUT2D eigenvalue weighted by atomic mass is 15.3. The van der Waals surface area contributed by atoms with Crippen LogP contribution in [0.15, 0.2) is 0 Å². The van der Waals surface area contributed by atoms with Gasteiger partial charge in [0.2, 0.25) is 0 Å². The molecule has 0 aromatic rings. The molecular weight excluding hydrogens is 615 g/mol. The first kappa shape index (κ1) is 51.0. The van der Waals surface area contributed by atoms with Crippen molar-refractivity contribution in [2.24, 2.45) is 0 Å². The molecule has 51 heavy (non-hydrogen) atoms. The number of quaternary nitrogens is 1. The first-order valence-electron chi connectivity index (χ1n) is 25.1. The highest BCUT2D eigenvalue weighted by molar-refractivity contribution is 4.57. The van der Waals surface area contributed by atoms with Crippen LogP contribution in [0.25, 0.3) is 0 Å². The van der Waals surface area contributed by atoms with Crippen LogP contribution >= 0.6 is 0 Å². The van der Waals surface area contributed by atoms with Crippen LogP contribution in [0, 0.1) is 0 Å². The second kappa shape index (κ2) is 44.4. The molecule has 1 heteroatoms. The molecule has 0 heterocycles. The molecule has 0 fully saturated rings. The standard InChI is InChI=1S/C50H104N/c1-5-9-13-17-21-25-29-30-34-38-42-46-50-51(47-43-39-35-31-26-22-18-14-10-6-2,48-44-40-36-32-27-23-19-15-11-7-3)49-45-41-37-33-28-24-20-16-12-8-4/h5-50H2,1-4H3/q+1. The van der Waals surface area contributed by atoms with Crippen LogP contribution < -0.4 is 0 Å². The Bertz CT molecular complexity index is 538. The molecule has 308 valence electrons. The minimum Gasteiger partial charge on any atom is -0.324 e. The van der Waals surface area contributed by atoms with Crippen molar-refractivity contribution in [3.63, 3.8) is 0 Å². The molecule has 0 saturated carbocycles. The van der Waals surface area contributed by atoms with Gasteiger partial charge in [0.15, 0.2) is 0 Å². The fourth-order valence-corrected chi connectivity index (χ4v) is 8.76. The number of nitrogens with zero attached hydrogens (tertiary/aromatic N) is 1. The summed E-state index contributed by atoms with van der Waals surface area (Å²) in [6.07, 6.45) is 61.7. The van der Waals surface area contributed by atoms with Gasteiger partial charge in [-0.15, -0.1) is 0 Å². The van der Waals surface area contributed by atoms with Crippen LogP contribution in [0.3, 0.4) is 0 Å². The van der Waals surface area contributed by atoms with Crippen LogP contribution in [0.1, 0.15) is 297 Å². The van der Waals surface area contributed by atoms with E-state index in [9.17, 15) is 0 Å². The Balaban J connectivity index is 4.87. The van der Waals surface area contributed by atoms with Crippen molar-refractivity contribution in [1.29, 1.82) is 0 Å². The lowest BCUT2D eigenvalue weighted by molar-refractivity contribution is -0.929. The molecule has 0 saturated heterocycles. The molecule has 0 amide bonds. The minimum absolute atomic E-state index is 1.37. The van der Waals surface area contributed by atoms with Gasteiger partial charge in [-0.2, -0.15) is 0 Å². The third-order valence-electron chi connectivity index (χ3n) is 12.4. The van der Waals surface area contributed by atoms with E-state index in [1.54, 1.807) is 0 Å². The summed E-state index contributed by atoms with van der Waals surface area (Å²) in [6.45, 7) is 15.3. The monoisotopic (exact) mass is 719 g/mol. The molecule has 0 radical (unpaired) electrons. The van der Waals surface area contributed by atoms with E-state index in [1.807, 2.05) is 0 Å². The smallest absolute Gasteiger partial charge is 0.0786 e. The van der Waals surface area contributed by atoms with Crippen LogP contribution in [0.5, 0.6) is 0 Å². The molecule has 0 atom stereocenters. The van der Waals surface area contributed by atoms with Gasteiger partial charge in [0, 0.05) is 0 Å². The molecular formula is C50H104N+. The zero-order chi connectivity index (χ0) is 37.0. The van der Waals surface area contributed by atoms with Gasteiger partial charge in [0.05, 0.1) is 26.2 Å². The van der Waals surface area contributed by atoms with E-state index in [-0.39, 0.29) is 0 Å². The Morgan fingerprint density at radius 3 is 0.412 bits per heavy atom. The molecule has 0 aliphatic rings. The Morgan fingerprint density at radius 2 is 0.275 bits per heavy atom. The van der Waals surface area contributed by atoms with E-state index in [4.69, 9.17) is 0 Å². The van der Waals surface area contributed by atoms with E-state index in [2.05, 4.69) is 27.7 Å². The lowest BCUT2D eigenvalue weighted by atomic mass is 10.0. The van der Waals surface area contributed by atoms with Crippen molar-refractivity contribution >= 4 is 0 Å². The van der Waals surface area contributed by atoms with Crippen molar-refractivity contribution < 1.29 is 4.48 Å². The van der Waals surface area contributed by atoms with Gasteiger partial charge < -0.3 is 4.48 Å². The van der Waals surface area contributed by atoms with Crippen LogP contribution in [0.4, 0.5) is 0 Å². The number of hydrogen-bond donors (Lipinski definition) is 0. The molecule has 0 unspecified atom stereocenters. The molecule has 0 spiro atoms. The van der Waals surface area contributed by atoms with Crippen LogP contribution in [0.2, 0.25) is 0 Å². The lowest BCUT2D eigenvalue weighted by Crippen LogP contribution is -2.50. The first-order valence-corrected chi connectivity index (χ1v) is 25.1. The van der Waals surface area contributed by atoms with Crippen molar-refractivity contribution in [1.82, 2.24) is 0 Å². The normalized spacial score (nSPS) is 12.0. The van der Waals surface area contributed by atoms with E-state index < -0.39 is 0 Å². The summed E-state index contributed by atoms with van der Waals surface area (Å²) in [5.74, 6) is 0. The molecule has 0 bridgehead atoms. The summed E-state index contributed by atoms with van der Waals surface area (Å²) >= 11 is 0. The van der Waals surface area contributed by atoms with E-state index in [0.717, 1.165) is 0 Å². The minimum atomic E-state index is 1.37. The van der Waals surface area contributed by atoms with Crippen molar-refractivity contribution in [3.05, 3.63) is 0 Å². The topological polar surface area (TPSA) is 0 Å². The van der Waals surface area contributed by atoms with Crippen molar-refractivity contribution in [2.45, 2.75) is 297 Å². The zero-order valence-electron chi connectivity index (χ0n) is 37.0. The Labute approximate surface area is 327 Å². The predicted molar refractivity (Wildman–Crippen MR) is 236 cm³/mol. The summed E-state index contributed by atoms with van der Waals surface area (Å²) in [5.41, 5.74) is 0. The van der Waals surface area contributed by atoms with Crippen molar-refractivity contribution in [2.75, 3.05) is 26.2 Å². The van der Waals surface area contributed by atoms with Gasteiger partial charge in [-0.1, -0.05) is 246 Å². The van der Waals surface area contributed by atoms with Gasteiger partial charge in [0.1, 0.15) is 0 Å². The van der Waals surface area contributed by atoms with Gasteiger partial charge >= 0.3 is 0 Å². The summed E-state index contributed by atoms with van der Waals surface area (Å²) in [6, 6.07) is 0. The second-order valence-corrected chi connectivity index (χ2v) is 17.7. The van der Waals surface area contributed by atoms with E-state index >= 15 is 0 Å². The summed E-state index contributed by atoms with van der Waals surface area (Å²) in [4.78, 5) is 0. The summed E-state index contributed by atoms with van der Waals surface area (Å²) in [5, 5.41) is 0. The third kappa shape index (κ3) is 39.5. The second-order valence-electron chi connectivity index (χ2n) is 17.7. The fourth-order valence-electron chi connectivity index (χ4n) is 8.76. The molecule has 0 aromatic heterocycles. The highest BCUT2D eigenvalue weighted by Gasteiger charge is 2.25. The maximum Gasteiger partial charge on any atom is 0.0786 e. The Morgan fingerprint density at radius 1 is 0.157 bits per heavy atom. The average molecular weight is 719 g/mol. The van der Waals surface area contributed by atoms with E-state index in [1.165, 1.54) is 300 Å². The summed E-state index contributed by atoms with van der Waals surface area (Å²) < 4.78 is 1.49. The number of unbranched alkanes of at least 4 members (excludes halogenated alkanes) is 38. The summed E-state index contributed by atoms with van der Waals surface area (Å²) in [7, 11) is 0. The molecule has 1 nitrogen and oxygen atoms in total. The van der Waals surface area contributed by atoms with Crippen molar-refractivity contribution in [3.8, 4) is 0 Å². The maximum atomic E-state index is 2.34. The largest absolute Gasteiger partial charge is 0.324 e.